The summed E-state index contributed by atoms with van der Waals surface area (Å²) < 4.78 is 22.0. The average Bonchev–Trinajstić information content (AvgIpc) is 2.84. The summed E-state index contributed by atoms with van der Waals surface area (Å²) in [6, 6.07) is 0. The number of aliphatic hydroxyl groups is 4. The Kier molecular flexibility index (Phi) is 18.3. The van der Waals surface area contributed by atoms with Crippen LogP contribution in [-0.4, -0.2) is 89.6 Å². The summed E-state index contributed by atoms with van der Waals surface area (Å²) in [5, 5.41) is 39.2. The van der Waals surface area contributed by atoms with Gasteiger partial charge in [0.1, 0.15) is 30.5 Å². The van der Waals surface area contributed by atoms with Gasteiger partial charge in [-0.05, 0) is 32.1 Å². The molecule has 4 N–H and O–H groups in total. The third kappa shape index (κ3) is 13.7. The molecule has 0 amide bonds. The second-order valence-electron chi connectivity index (χ2n) is 9.14. The van der Waals surface area contributed by atoms with Crippen LogP contribution in [0.15, 0.2) is 12.2 Å². The maximum absolute atomic E-state index is 12.0. The molecule has 206 valence electrons. The molecule has 1 heterocycles. The van der Waals surface area contributed by atoms with E-state index < -0.39 is 43.4 Å². The quantitative estimate of drug-likeness (QED) is 0.112. The van der Waals surface area contributed by atoms with Gasteiger partial charge in [0, 0.05) is 13.0 Å². The van der Waals surface area contributed by atoms with Gasteiger partial charge in [0.25, 0.3) is 0 Å². The summed E-state index contributed by atoms with van der Waals surface area (Å²) >= 11 is 0. The van der Waals surface area contributed by atoms with Crippen molar-refractivity contribution in [1.29, 1.82) is 0 Å². The third-order valence-electron chi connectivity index (χ3n) is 5.88. The molecule has 35 heavy (non-hydrogen) atoms. The van der Waals surface area contributed by atoms with E-state index in [1.54, 1.807) is 0 Å². The second-order valence-corrected chi connectivity index (χ2v) is 9.14. The lowest BCUT2D eigenvalue weighted by atomic mass is 9.99. The van der Waals surface area contributed by atoms with Gasteiger partial charge in [-0.15, -0.1) is 0 Å². The largest absolute Gasteiger partial charge is 0.457 e. The smallest absolute Gasteiger partial charge is 0.306 e. The molecule has 0 aromatic carbocycles. The predicted octanol–water partition coefficient (Wildman–Crippen LogP) is 2.62. The molecule has 0 spiro atoms. The van der Waals surface area contributed by atoms with Gasteiger partial charge in [-0.1, -0.05) is 58.1 Å². The van der Waals surface area contributed by atoms with Gasteiger partial charge >= 0.3 is 5.97 Å². The molecular weight excluding hydrogens is 456 g/mol. The van der Waals surface area contributed by atoms with Crippen LogP contribution < -0.4 is 0 Å². The van der Waals surface area contributed by atoms with Crippen LogP contribution >= 0.6 is 0 Å². The Hall–Kier alpha value is -1.07. The van der Waals surface area contributed by atoms with Crippen LogP contribution in [0, 0.1) is 0 Å². The van der Waals surface area contributed by atoms with Crippen molar-refractivity contribution in [2.24, 2.45) is 0 Å². The highest BCUT2D eigenvalue weighted by Crippen LogP contribution is 2.22. The van der Waals surface area contributed by atoms with E-state index in [1.165, 1.54) is 32.1 Å². The van der Waals surface area contributed by atoms with Crippen LogP contribution in [0.4, 0.5) is 0 Å². The summed E-state index contributed by atoms with van der Waals surface area (Å²) in [6.07, 6.45) is 8.29. The standard InChI is InChI=1S/C26H48O9/c1-3-5-6-7-8-9-10-11-12-13-14-16-32-18-20(34-22(28)15-4-2)19-33-26-25(31)24(30)23(29)21(17-27)35-26/h6-7,20-21,23-27,29-31H,3-5,8-19H2,1-2H3/b7-6-. The fourth-order valence-electron chi connectivity index (χ4n) is 3.76. The lowest BCUT2D eigenvalue weighted by Crippen LogP contribution is -2.59. The van der Waals surface area contributed by atoms with Crippen molar-refractivity contribution in [3.63, 3.8) is 0 Å². The van der Waals surface area contributed by atoms with Crippen LogP contribution in [-0.2, 0) is 23.7 Å². The summed E-state index contributed by atoms with van der Waals surface area (Å²) in [5.74, 6) is -0.372. The Morgan fingerprint density at radius 3 is 2.26 bits per heavy atom. The molecule has 0 saturated carbocycles. The van der Waals surface area contributed by atoms with Gasteiger partial charge in [-0.25, -0.2) is 0 Å². The van der Waals surface area contributed by atoms with Crippen molar-refractivity contribution in [3.05, 3.63) is 12.2 Å². The minimum absolute atomic E-state index is 0.120. The lowest BCUT2D eigenvalue weighted by molar-refractivity contribution is -0.305. The van der Waals surface area contributed by atoms with Gasteiger partial charge < -0.3 is 39.4 Å². The van der Waals surface area contributed by atoms with E-state index in [-0.39, 0.29) is 25.6 Å². The molecule has 0 aliphatic carbocycles. The van der Waals surface area contributed by atoms with Crippen molar-refractivity contribution >= 4 is 5.97 Å². The lowest BCUT2D eigenvalue weighted by Gasteiger charge is -2.39. The Labute approximate surface area is 210 Å². The first kappa shape index (κ1) is 32.0. The monoisotopic (exact) mass is 504 g/mol. The summed E-state index contributed by atoms with van der Waals surface area (Å²) in [4.78, 5) is 12.0. The number of carbonyl (C=O) groups is 1. The Morgan fingerprint density at radius 2 is 1.57 bits per heavy atom. The second kappa shape index (κ2) is 20.0. The number of rotatable bonds is 20. The number of aliphatic hydroxyl groups excluding tert-OH is 4. The molecule has 0 aromatic rings. The molecule has 0 radical (unpaired) electrons. The van der Waals surface area contributed by atoms with Gasteiger partial charge in [0.2, 0.25) is 0 Å². The number of hydrogen-bond donors (Lipinski definition) is 4. The molecule has 9 nitrogen and oxygen atoms in total. The number of unbranched alkanes of at least 4 members (excludes halogenated alkanes) is 7. The molecule has 6 atom stereocenters. The first-order valence-electron chi connectivity index (χ1n) is 13.3. The minimum atomic E-state index is -1.53. The summed E-state index contributed by atoms with van der Waals surface area (Å²) in [6.45, 7) is 4.08. The van der Waals surface area contributed by atoms with Crippen molar-refractivity contribution in [1.82, 2.24) is 0 Å². The van der Waals surface area contributed by atoms with Gasteiger partial charge in [0.05, 0.1) is 19.8 Å². The third-order valence-corrected chi connectivity index (χ3v) is 5.88. The normalized spacial score (nSPS) is 25.7. The first-order valence-corrected chi connectivity index (χ1v) is 13.3. The van der Waals surface area contributed by atoms with Crippen molar-refractivity contribution < 1.29 is 44.2 Å². The maximum Gasteiger partial charge on any atom is 0.306 e. The first-order chi connectivity index (χ1) is 16.9. The Balaban J connectivity index is 2.30. The zero-order valence-electron chi connectivity index (χ0n) is 21.6. The van der Waals surface area contributed by atoms with Crippen molar-refractivity contribution in [3.8, 4) is 0 Å². The molecule has 1 aliphatic rings. The van der Waals surface area contributed by atoms with Gasteiger partial charge in [-0.3, -0.25) is 4.79 Å². The molecule has 6 unspecified atom stereocenters. The zero-order valence-corrected chi connectivity index (χ0v) is 21.6. The van der Waals surface area contributed by atoms with E-state index in [0.29, 0.717) is 13.0 Å². The number of ether oxygens (including phenoxy) is 4. The van der Waals surface area contributed by atoms with E-state index in [2.05, 4.69) is 19.1 Å². The summed E-state index contributed by atoms with van der Waals surface area (Å²) in [7, 11) is 0. The minimum Gasteiger partial charge on any atom is -0.457 e. The fraction of sp³-hybridized carbons (Fsp3) is 0.885. The summed E-state index contributed by atoms with van der Waals surface area (Å²) in [5.41, 5.74) is 0. The number of carbonyl (C=O) groups excluding carboxylic acids is 1. The van der Waals surface area contributed by atoms with Crippen LogP contribution in [0.3, 0.4) is 0 Å². The predicted molar refractivity (Wildman–Crippen MR) is 132 cm³/mol. The van der Waals surface area contributed by atoms with Crippen LogP contribution in [0.25, 0.3) is 0 Å². The highest BCUT2D eigenvalue weighted by molar-refractivity contribution is 5.69. The van der Waals surface area contributed by atoms with Gasteiger partial charge in [0.15, 0.2) is 6.29 Å². The Bertz CT molecular complexity index is 555. The van der Waals surface area contributed by atoms with Crippen LogP contribution in [0.5, 0.6) is 0 Å². The molecule has 1 fully saturated rings. The molecule has 1 saturated heterocycles. The van der Waals surface area contributed by atoms with E-state index in [1.807, 2.05) is 6.92 Å². The molecule has 9 heteroatoms. The molecule has 0 bridgehead atoms. The van der Waals surface area contributed by atoms with Crippen molar-refractivity contribution in [2.75, 3.05) is 26.4 Å². The molecule has 1 aliphatic heterocycles. The van der Waals surface area contributed by atoms with E-state index in [0.717, 1.165) is 25.7 Å². The fourth-order valence-corrected chi connectivity index (χ4v) is 3.76. The number of esters is 1. The highest BCUT2D eigenvalue weighted by Gasteiger charge is 2.44. The topological polar surface area (TPSA) is 135 Å². The molecular formula is C26H48O9. The van der Waals surface area contributed by atoms with Gasteiger partial charge in [-0.2, -0.15) is 0 Å². The van der Waals surface area contributed by atoms with Crippen LogP contribution in [0.1, 0.15) is 84.5 Å². The van der Waals surface area contributed by atoms with Crippen molar-refractivity contribution in [2.45, 2.75) is 121 Å². The SMILES string of the molecule is CCC/C=C\CCCCCCCCOCC(COC1OC(CO)C(O)C(O)C1O)OC(=O)CCC. The van der Waals surface area contributed by atoms with E-state index in [9.17, 15) is 25.2 Å². The maximum atomic E-state index is 12.0. The Morgan fingerprint density at radius 1 is 0.886 bits per heavy atom. The number of allylic oxidation sites excluding steroid dienone is 2. The zero-order chi connectivity index (χ0) is 25.9. The molecule has 1 rings (SSSR count). The molecule has 0 aromatic heterocycles. The van der Waals surface area contributed by atoms with E-state index in [4.69, 9.17) is 18.9 Å². The average molecular weight is 505 g/mol. The van der Waals surface area contributed by atoms with E-state index >= 15 is 0 Å². The van der Waals surface area contributed by atoms with Crippen LogP contribution in [0.2, 0.25) is 0 Å². The number of hydrogen-bond acceptors (Lipinski definition) is 9. The highest BCUT2D eigenvalue weighted by atomic mass is 16.7.